The lowest BCUT2D eigenvalue weighted by Crippen LogP contribution is -2.14. The Morgan fingerprint density at radius 3 is 2.74 bits per heavy atom. The number of methoxy groups -OCH3 is 1. The lowest BCUT2D eigenvalue weighted by atomic mass is 10.3. The number of nitrogens with one attached hydrogen (secondary N) is 1. The Morgan fingerprint density at radius 2 is 2.21 bits per heavy atom. The van der Waals surface area contributed by atoms with Gasteiger partial charge < -0.3 is 10.5 Å². The number of anilines is 2. The van der Waals surface area contributed by atoms with Crippen molar-refractivity contribution in [1.29, 1.82) is 0 Å². The molecule has 3 N–H and O–H groups in total. The first kappa shape index (κ1) is 13.5. The molecule has 0 fully saturated rings. The number of rotatable bonds is 4. The van der Waals surface area contributed by atoms with Crippen LogP contribution in [0.15, 0.2) is 22.5 Å². The van der Waals surface area contributed by atoms with E-state index in [2.05, 4.69) is 14.9 Å². The van der Waals surface area contributed by atoms with Crippen LogP contribution in [0.1, 0.15) is 0 Å². The van der Waals surface area contributed by atoms with Crippen molar-refractivity contribution in [3.63, 3.8) is 0 Å². The third kappa shape index (κ3) is 2.74. The second-order valence-corrected chi connectivity index (χ2v) is 5.89. The fraction of sp³-hybridized carbons (Fsp3) is 0.111. The second-order valence-electron chi connectivity index (χ2n) is 3.38. The molecule has 1 aromatic carbocycles. The van der Waals surface area contributed by atoms with Gasteiger partial charge in [0, 0.05) is 0 Å². The second kappa shape index (κ2) is 4.97. The van der Waals surface area contributed by atoms with Gasteiger partial charge in [0.05, 0.1) is 17.7 Å². The number of halogens is 1. The molecule has 7 nitrogen and oxygen atoms in total. The van der Waals surface area contributed by atoms with Crippen molar-refractivity contribution in [3.05, 3.63) is 23.5 Å². The highest BCUT2D eigenvalue weighted by atomic mass is 32.2. The number of hydrogen-bond acceptors (Lipinski definition) is 7. The molecule has 0 amide bonds. The van der Waals surface area contributed by atoms with Crippen molar-refractivity contribution in [1.82, 2.24) is 10.2 Å². The third-order valence-electron chi connectivity index (χ3n) is 2.14. The quantitative estimate of drug-likeness (QED) is 0.818. The molecular weight excluding hydrogens is 295 g/mol. The molecule has 10 heteroatoms. The lowest BCUT2D eigenvalue weighted by molar-refractivity contribution is 0.388. The summed E-state index contributed by atoms with van der Waals surface area (Å²) in [6.07, 6.45) is 0. The Morgan fingerprint density at radius 1 is 1.47 bits per heavy atom. The first-order valence-corrected chi connectivity index (χ1v) is 7.22. The zero-order valence-electron chi connectivity index (χ0n) is 9.62. The zero-order valence-corrected chi connectivity index (χ0v) is 11.3. The van der Waals surface area contributed by atoms with Gasteiger partial charge in [-0.05, 0) is 12.1 Å². The summed E-state index contributed by atoms with van der Waals surface area (Å²) in [6, 6.07) is 1.92. The van der Waals surface area contributed by atoms with Crippen LogP contribution in [0.3, 0.4) is 0 Å². The molecule has 19 heavy (non-hydrogen) atoms. The summed E-state index contributed by atoms with van der Waals surface area (Å²) >= 11 is 0.998. The Kier molecular flexibility index (Phi) is 3.53. The Bertz CT molecular complexity index is 664. The number of sulfonamides is 1. The average molecular weight is 304 g/mol. The van der Waals surface area contributed by atoms with Gasteiger partial charge in [-0.25, -0.2) is 12.8 Å². The van der Waals surface area contributed by atoms with E-state index < -0.39 is 15.8 Å². The molecule has 0 aliphatic carbocycles. The molecule has 1 heterocycles. The first-order chi connectivity index (χ1) is 8.94. The van der Waals surface area contributed by atoms with Crippen molar-refractivity contribution in [2.24, 2.45) is 0 Å². The van der Waals surface area contributed by atoms with E-state index in [1.807, 2.05) is 0 Å². The predicted octanol–water partition coefficient (Wildman–Crippen LogP) is 1.07. The number of benzene rings is 1. The van der Waals surface area contributed by atoms with Crippen LogP contribution in [0, 0.1) is 5.82 Å². The van der Waals surface area contributed by atoms with Crippen LogP contribution in [0.5, 0.6) is 5.75 Å². The Balaban J connectivity index is 2.41. The summed E-state index contributed by atoms with van der Waals surface area (Å²) in [4.78, 5) is -0.321. The fourth-order valence-electron chi connectivity index (χ4n) is 1.35. The number of aromatic nitrogens is 2. The van der Waals surface area contributed by atoms with E-state index in [1.54, 1.807) is 0 Å². The molecule has 0 saturated carbocycles. The molecule has 0 saturated heterocycles. The largest absolute Gasteiger partial charge is 0.492 e. The minimum Gasteiger partial charge on any atom is -0.492 e. The minimum absolute atomic E-state index is 0.0785. The van der Waals surface area contributed by atoms with Gasteiger partial charge in [0.1, 0.15) is 5.51 Å². The monoisotopic (exact) mass is 304 g/mol. The maximum absolute atomic E-state index is 13.6. The highest BCUT2D eigenvalue weighted by Crippen LogP contribution is 2.29. The summed E-state index contributed by atoms with van der Waals surface area (Å²) < 4.78 is 44.4. The topological polar surface area (TPSA) is 107 Å². The van der Waals surface area contributed by atoms with Gasteiger partial charge in [-0.1, -0.05) is 11.3 Å². The summed E-state index contributed by atoms with van der Waals surface area (Å²) in [5, 5.41) is 7.10. The van der Waals surface area contributed by atoms with Gasteiger partial charge >= 0.3 is 0 Å². The summed E-state index contributed by atoms with van der Waals surface area (Å²) in [5.41, 5.74) is 6.77. The summed E-state index contributed by atoms with van der Waals surface area (Å²) in [5.74, 6) is -1.06. The molecular formula is C9H9FN4O3S2. The molecule has 1 aromatic heterocycles. The van der Waals surface area contributed by atoms with E-state index in [1.165, 1.54) is 12.6 Å². The maximum Gasteiger partial charge on any atom is 0.263 e. The third-order valence-corrected chi connectivity index (χ3v) is 4.20. The van der Waals surface area contributed by atoms with E-state index >= 15 is 0 Å². The van der Waals surface area contributed by atoms with Crippen LogP contribution in [0.2, 0.25) is 0 Å². The highest BCUT2D eigenvalue weighted by molar-refractivity contribution is 7.93. The van der Waals surface area contributed by atoms with Crippen LogP contribution in [-0.2, 0) is 10.0 Å². The fourth-order valence-corrected chi connectivity index (χ4v) is 3.09. The molecule has 2 aromatic rings. The van der Waals surface area contributed by atoms with Gasteiger partial charge in [-0.15, -0.1) is 10.2 Å². The van der Waals surface area contributed by atoms with E-state index in [-0.39, 0.29) is 21.5 Å². The molecule has 0 aliphatic heterocycles. The minimum atomic E-state index is -3.97. The van der Waals surface area contributed by atoms with Crippen molar-refractivity contribution in [2.45, 2.75) is 4.90 Å². The summed E-state index contributed by atoms with van der Waals surface area (Å²) in [7, 11) is -2.73. The molecule has 0 unspecified atom stereocenters. The standard InChI is InChI=1S/C9H9FN4O3S2/c1-17-8-6(10)2-5(3-7(8)11)19(15,16)14-9-13-12-4-18-9/h2-4H,11H2,1H3,(H,13,14). The van der Waals surface area contributed by atoms with Gasteiger partial charge in [0.2, 0.25) is 5.13 Å². The maximum atomic E-state index is 13.6. The molecule has 0 spiro atoms. The number of nitrogens with two attached hydrogens (primary N) is 1. The van der Waals surface area contributed by atoms with Crippen LogP contribution < -0.4 is 15.2 Å². The highest BCUT2D eigenvalue weighted by Gasteiger charge is 2.20. The number of nitrogens with zero attached hydrogens (tertiary/aromatic N) is 2. The van der Waals surface area contributed by atoms with Crippen molar-refractivity contribution < 1.29 is 17.5 Å². The Labute approximate surface area is 112 Å². The average Bonchev–Trinajstić information content (AvgIpc) is 2.80. The molecule has 2 rings (SSSR count). The number of hydrogen-bond donors (Lipinski definition) is 2. The van der Waals surface area contributed by atoms with Crippen molar-refractivity contribution in [2.75, 3.05) is 17.6 Å². The van der Waals surface area contributed by atoms with Gasteiger partial charge in [-0.3, -0.25) is 4.72 Å². The van der Waals surface area contributed by atoms with E-state index in [4.69, 9.17) is 10.5 Å². The molecule has 0 bridgehead atoms. The van der Waals surface area contributed by atoms with Crippen LogP contribution in [-0.4, -0.2) is 25.7 Å². The molecule has 102 valence electrons. The zero-order chi connectivity index (χ0) is 14.0. The predicted molar refractivity (Wildman–Crippen MR) is 68.1 cm³/mol. The number of nitrogen functional groups attached to an aromatic ring is 1. The Hall–Kier alpha value is -1.94. The van der Waals surface area contributed by atoms with Crippen molar-refractivity contribution in [3.8, 4) is 5.75 Å². The SMILES string of the molecule is COc1c(N)cc(S(=O)(=O)Nc2nncs2)cc1F. The lowest BCUT2D eigenvalue weighted by Gasteiger charge is -2.09. The van der Waals surface area contributed by atoms with Crippen LogP contribution >= 0.6 is 11.3 Å². The smallest absolute Gasteiger partial charge is 0.263 e. The normalized spacial score (nSPS) is 11.3. The van der Waals surface area contributed by atoms with E-state index in [0.717, 1.165) is 23.5 Å². The van der Waals surface area contributed by atoms with Gasteiger partial charge in [-0.2, -0.15) is 0 Å². The summed E-state index contributed by atoms with van der Waals surface area (Å²) in [6.45, 7) is 0. The van der Waals surface area contributed by atoms with Crippen molar-refractivity contribution >= 4 is 32.2 Å². The molecule has 0 radical (unpaired) electrons. The number of ether oxygens (including phenoxy) is 1. The molecule has 0 atom stereocenters. The van der Waals surface area contributed by atoms with Gasteiger partial charge in [0.15, 0.2) is 11.6 Å². The molecule has 0 aliphatic rings. The van der Waals surface area contributed by atoms with Crippen LogP contribution in [0.25, 0.3) is 0 Å². The van der Waals surface area contributed by atoms with E-state index in [0.29, 0.717) is 0 Å². The van der Waals surface area contributed by atoms with Gasteiger partial charge in [0.25, 0.3) is 10.0 Å². The first-order valence-electron chi connectivity index (χ1n) is 4.86. The van der Waals surface area contributed by atoms with E-state index in [9.17, 15) is 12.8 Å². The van der Waals surface area contributed by atoms with Crippen LogP contribution in [0.4, 0.5) is 15.2 Å².